The molecule has 1 amide bonds. The van der Waals surface area contributed by atoms with E-state index < -0.39 is 30.3 Å². The number of benzene rings is 1. The molecule has 24 heavy (non-hydrogen) atoms. The summed E-state index contributed by atoms with van der Waals surface area (Å²) < 4.78 is 0.0464. The summed E-state index contributed by atoms with van der Waals surface area (Å²) in [6, 6.07) is 6.09. The van der Waals surface area contributed by atoms with Crippen LogP contribution in [0.1, 0.15) is 24.5 Å². The number of hydrogen-bond donors (Lipinski definition) is 2. The Morgan fingerprint density at radius 3 is 2.42 bits per heavy atom. The molecule has 0 bridgehead atoms. The third-order valence-corrected chi connectivity index (χ3v) is 4.80. The number of aryl methyl sites for hydroxylation is 1. The number of rotatable bonds is 6. The summed E-state index contributed by atoms with van der Waals surface area (Å²) >= 11 is 6.04. The SMILES string of the molecule is CCc1ccc(/C=C2/SC(=S)N([C@H](CC(=O)O)C(=O)O)C2=O)cc1. The van der Waals surface area contributed by atoms with E-state index in [4.69, 9.17) is 17.3 Å². The highest BCUT2D eigenvalue weighted by atomic mass is 32.2. The fourth-order valence-electron chi connectivity index (χ4n) is 2.20. The van der Waals surface area contributed by atoms with E-state index >= 15 is 0 Å². The van der Waals surface area contributed by atoms with Gasteiger partial charge in [0.25, 0.3) is 5.91 Å². The predicted octanol–water partition coefficient (Wildman–Crippen LogP) is 2.38. The van der Waals surface area contributed by atoms with Crippen LogP contribution in [-0.2, 0) is 20.8 Å². The number of carbonyl (C=O) groups excluding carboxylic acids is 1. The molecule has 0 aromatic heterocycles. The minimum Gasteiger partial charge on any atom is -0.481 e. The van der Waals surface area contributed by atoms with Gasteiger partial charge in [-0.3, -0.25) is 14.5 Å². The van der Waals surface area contributed by atoms with Crippen LogP contribution in [0.25, 0.3) is 6.08 Å². The van der Waals surface area contributed by atoms with E-state index in [-0.39, 0.29) is 9.23 Å². The van der Waals surface area contributed by atoms with Crippen LogP contribution >= 0.6 is 24.0 Å². The molecular weight excluding hydrogens is 350 g/mol. The van der Waals surface area contributed by atoms with E-state index in [0.29, 0.717) is 0 Å². The monoisotopic (exact) mass is 365 g/mol. The molecular formula is C16H15NO5S2. The minimum absolute atomic E-state index is 0.0464. The Hall–Kier alpha value is -2.19. The second kappa shape index (κ2) is 7.59. The van der Waals surface area contributed by atoms with Crippen molar-refractivity contribution in [3.63, 3.8) is 0 Å². The Kier molecular flexibility index (Phi) is 5.74. The molecule has 0 unspecified atom stereocenters. The highest BCUT2D eigenvalue weighted by Gasteiger charge is 2.41. The lowest BCUT2D eigenvalue weighted by Gasteiger charge is -2.21. The average Bonchev–Trinajstić information content (AvgIpc) is 2.79. The summed E-state index contributed by atoms with van der Waals surface area (Å²) in [4.78, 5) is 35.8. The number of aliphatic carboxylic acids is 2. The number of hydrogen-bond acceptors (Lipinski definition) is 5. The second-order valence-corrected chi connectivity index (χ2v) is 6.77. The molecule has 126 valence electrons. The van der Waals surface area contributed by atoms with Crippen LogP contribution in [0, 0.1) is 0 Å². The normalized spacial score (nSPS) is 17.4. The Bertz CT molecular complexity index is 726. The van der Waals surface area contributed by atoms with Crippen molar-refractivity contribution in [2.75, 3.05) is 0 Å². The zero-order chi connectivity index (χ0) is 17.9. The van der Waals surface area contributed by atoms with Gasteiger partial charge >= 0.3 is 11.9 Å². The first-order valence-electron chi connectivity index (χ1n) is 7.14. The number of carboxylic acids is 2. The van der Waals surface area contributed by atoms with Crippen molar-refractivity contribution in [2.24, 2.45) is 0 Å². The molecule has 1 saturated heterocycles. The average molecular weight is 365 g/mol. The third kappa shape index (κ3) is 4.01. The molecule has 1 atom stereocenters. The van der Waals surface area contributed by atoms with Gasteiger partial charge in [0.1, 0.15) is 10.4 Å². The number of nitrogens with zero attached hydrogens (tertiary/aromatic N) is 1. The van der Waals surface area contributed by atoms with Crippen LogP contribution in [0.3, 0.4) is 0 Å². The van der Waals surface area contributed by atoms with Crippen molar-refractivity contribution >= 4 is 52.2 Å². The van der Waals surface area contributed by atoms with Crippen molar-refractivity contribution in [3.8, 4) is 0 Å². The molecule has 0 radical (unpaired) electrons. The molecule has 0 saturated carbocycles. The molecule has 1 aliphatic rings. The van der Waals surface area contributed by atoms with Gasteiger partial charge in [-0.05, 0) is 23.6 Å². The molecule has 2 N–H and O–H groups in total. The van der Waals surface area contributed by atoms with Crippen LogP contribution in [0.15, 0.2) is 29.2 Å². The van der Waals surface area contributed by atoms with E-state index in [1.165, 1.54) is 0 Å². The molecule has 1 fully saturated rings. The molecule has 1 aliphatic heterocycles. The Balaban J connectivity index is 2.27. The maximum absolute atomic E-state index is 12.5. The van der Waals surface area contributed by atoms with E-state index in [0.717, 1.165) is 34.2 Å². The van der Waals surface area contributed by atoms with Gasteiger partial charge in [-0.2, -0.15) is 0 Å². The van der Waals surface area contributed by atoms with Crippen LogP contribution in [0.4, 0.5) is 0 Å². The number of thioether (sulfide) groups is 1. The first-order chi connectivity index (χ1) is 11.3. The van der Waals surface area contributed by atoms with Gasteiger partial charge in [-0.1, -0.05) is 55.2 Å². The maximum atomic E-state index is 12.5. The lowest BCUT2D eigenvalue weighted by Crippen LogP contribution is -2.45. The summed E-state index contributed by atoms with van der Waals surface area (Å²) in [7, 11) is 0. The molecule has 1 aromatic carbocycles. The fourth-order valence-corrected chi connectivity index (χ4v) is 3.56. The topological polar surface area (TPSA) is 94.9 Å². The number of carbonyl (C=O) groups is 3. The molecule has 8 heteroatoms. The first-order valence-corrected chi connectivity index (χ1v) is 8.36. The van der Waals surface area contributed by atoms with E-state index in [2.05, 4.69) is 0 Å². The molecule has 2 rings (SSSR count). The number of carboxylic acid groups (broad SMARTS) is 2. The lowest BCUT2D eigenvalue weighted by atomic mass is 10.1. The van der Waals surface area contributed by atoms with Crippen LogP contribution in [-0.4, -0.2) is 43.3 Å². The molecule has 1 aromatic rings. The smallest absolute Gasteiger partial charge is 0.327 e. The van der Waals surface area contributed by atoms with Gasteiger partial charge in [-0.15, -0.1) is 0 Å². The third-order valence-electron chi connectivity index (χ3n) is 3.47. The predicted molar refractivity (Wildman–Crippen MR) is 94.5 cm³/mol. The standard InChI is InChI=1S/C16H15NO5S2/c1-2-9-3-5-10(6-4-9)7-12-14(20)17(16(23)24-12)11(15(21)22)8-13(18)19/h3-7,11H,2,8H2,1H3,(H,18,19)(H,21,22)/b12-7+/t11-/m1/s1. The largest absolute Gasteiger partial charge is 0.481 e. The summed E-state index contributed by atoms with van der Waals surface area (Å²) in [6.07, 6.45) is 1.82. The zero-order valence-electron chi connectivity index (χ0n) is 12.8. The van der Waals surface area contributed by atoms with Gasteiger partial charge in [0, 0.05) is 0 Å². The van der Waals surface area contributed by atoms with Gasteiger partial charge in [0.05, 0.1) is 11.3 Å². The van der Waals surface area contributed by atoms with Crippen molar-refractivity contribution in [3.05, 3.63) is 40.3 Å². The Morgan fingerprint density at radius 2 is 1.92 bits per heavy atom. The van der Waals surface area contributed by atoms with Crippen molar-refractivity contribution in [1.82, 2.24) is 4.90 Å². The minimum atomic E-state index is -1.51. The van der Waals surface area contributed by atoms with Crippen molar-refractivity contribution in [1.29, 1.82) is 0 Å². The van der Waals surface area contributed by atoms with Gasteiger partial charge in [0.2, 0.25) is 0 Å². The second-order valence-electron chi connectivity index (χ2n) is 5.10. The molecule has 6 nitrogen and oxygen atoms in total. The lowest BCUT2D eigenvalue weighted by molar-refractivity contribution is -0.150. The summed E-state index contributed by atoms with van der Waals surface area (Å²) in [5.41, 5.74) is 1.95. The molecule has 1 heterocycles. The summed E-state index contributed by atoms with van der Waals surface area (Å²) in [5, 5.41) is 18.1. The highest BCUT2D eigenvalue weighted by Crippen LogP contribution is 2.34. The van der Waals surface area contributed by atoms with E-state index in [1.807, 2.05) is 31.2 Å². The summed E-state index contributed by atoms with van der Waals surface area (Å²) in [5.74, 6) is -3.30. The summed E-state index contributed by atoms with van der Waals surface area (Å²) in [6.45, 7) is 2.04. The van der Waals surface area contributed by atoms with Gasteiger partial charge in [-0.25, -0.2) is 4.79 Å². The first kappa shape index (κ1) is 18.2. The van der Waals surface area contributed by atoms with Gasteiger partial charge < -0.3 is 10.2 Å². The fraction of sp³-hybridized carbons (Fsp3) is 0.250. The maximum Gasteiger partial charge on any atom is 0.327 e. The van der Waals surface area contributed by atoms with Gasteiger partial charge in [0.15, 0.2) is 0 Å². The van der Waals surface area contributed by atoms with E-state index in [1.54, 1.807) is 6.08 Å². The van der Waals surface area contributed by atoms with Crippen LogP contribution in [0.2, 0.25) is 0 Å². The van der Waals surface area contributed by atoms with E-state index in [9.17, 15) is 19.5 Å². The Labute approximate surface area is 148 Å². The van der Waals surface area contributed by atoms with Crippen LogP contribution in [0.5, 0.6) is 0 Å². The quantitative estimate of drug-likeness (QED) is 0.590. The Morgan fingerprint density at radius 1 is 1.29 bits per heavy atom. The molecule has 0 aliphatic carbocycles. The van der Waals surface area contributed by atoms with Crippen molar-refractivity contribution < 1.29 is 24.6 Å². The van der Waals surface area contributed by atoms with Crippen LogP contribution < -0.4 is 0 Å². The zero-order valence-corrected chi connectivity index (χ0v) is 14.4. The molecule has 0 spiro atoms. The number of thiocarbonyl (C=S) groups is 1. The number of amides is 1. The highest BCUT2D eigenvalue weighted by molar-refractivity contribution is 8.26. The van der Waals surface area contributed by atoms with Crippen molar-refractivity contribution in [2.45, 2.75) is 25.8 Å².